The molecule has 122 valence electrons. The summed E-state index contributed by atoms with van der Waals surface area (Å²) in [6, 6.07) is 8.15. The van der Waals surface area contributed by atoms with Crippen LogP contribution in [0.2, 0.25) is 0 Å². The number of hydrogen-bond donors (Lipinski definition) is 0. The third kappa shape index (κ3) is 2.60. The van der Waals surface area contributed by atoms with E-state index in [1.54, 1.807) is 4.90 Å². The van der Waals surface area contributed by atoms with Gasteiger partial charge in [0.15, 0.2) is 0 Å². The van der Waals surface area contributed by atoms with Crippen LogP contribution in [0.1, 0.15) is 31.7 Å². The SMILES string of the molecule is O=C(C1CCC(F)(F)CC1)N1CC(n2cnc3ccccc32)C1. The maximum Gasteiger partial charge on any atom is 0.248 e. The monoisotopic (exact) mass is 319 g/mol. The molecule has 1 saturated heterocycles. The standard InChI is InChI=1S/C17H19F2N3O/c18-17(19)7-5-12(6-8-17)16(23)21-9-13(10-21)22-11-20-14-3-1-2-4-15(14)22/h1-4,11-13H,5-10H2. The normalized spacial score (nSPS) is 22.3. The van der Waals surface area contributed by atoms with Crippen molar-refractivity contribution in [3.05, 3.63) is 30.6 Å². The molecule has 0 unspecified atom stereocenters. The van der Waals surface area contributed by atoms with Gasteiger partial charge in [-0.3, -0.25) is 4.79 Å². The Morgan fingerprint density at radius 3 is 2.61 bits per heavy atom. The first-order chi connectivity index (χ1) is 11.0. The molecule has 2 heterocycles. The zero-order valence-electron chi connectivity index (χ0n) is 12.8. The molecule has 1 amide bonds. The van der Waals surface area contributed by atoms with Gasteiger partial charge in [-0.1, -0.05) is 12.1 Å². The molecule has 4 nitrogen and oxygen atoms in total. The van der Waals surface area contributed by atoms with Crippen molar-refractivity contribution in [2.45, 2.75) is 37.6 Å². The van der Waals surface area contributed by atoms with Crippen molar-refractivity contribution in [3.63, 3.8) is 0 Å². The van der Waals surface area contributed by atoms with Gasteiger partial charge in [0.25, 0.3) is 0 Å². The van der Waals surface area contributed by atoms with E-state index in [-0.39, 0.29) is 30.7 Å². The lowest BCUT2D eigenvalue weighted by atomic mass is 9.85. The third-order valence-corrected chi connectivity index (χ3v) is 5.11. The van der Waals surface area contributed by atoms with Gasteiger partial charge >= 0.3 is 0 Å². The van der Waals surface area contributed by atoms with Gasteiger partial charge in [0.2, 0.25) is 11.8 Å². The molecule has 2 aliphatic rings. The highest BCUT2D eigenvalue weighted by Gasteiger charge is 2.41. The summed E-state index contributed by atoms with van der Waals surface area (Å²) in [5.41, 5.74) is 2.02. The number of carbonyl (C=O) groups excluding carboxylic acids is 1. The maximum absolute atomic E-state index is 13.2. The van der Waals surface area contributed by atoms with Crippen LogP contribution in [0.25, 0.3) is 11.0 Å². The Labute approximate surface area is 133 Å². The van der Waals surface area contributed by atoms with Gasteiger partial charge in [0.1, 0.15) is 0 Å². The van der Waals surface area contributed by atoms with E-state index < -0.39 is 5.92 Å². The second-order valence-corrected chi connectivity index (χ2v) is 6.67. The molecule has 1 aromatic carbocycles. The number of halogens is 2. The highest BCUT2D eigenvalue weighted by atomic mass is 19.3. The van der Waals surface area contributed by atoms with Gasteiger partial charge < -0.3 is 9.47 Å². The third-order valence-electron chi connectivity index (χ3n) is 5.11. The van der Waals surface area contributed by atoms with Gasteiger partial charge in [-0.05, 0) is 25.0 Å². The molecule has 1 aromatic heterocycles. The van der Waals surface area contributed by atoms with Crippen LogP contribution in [-0.2, 0) is 4.79 Å². The number of carbonyl (C=O) groups is 1. The van der Waals surface area contributed by atoms with E-state index in [1.807, 2.05) is 30.6 Å². The van der Waals surface area contributed by atoms with Crippen LogP contribution in [0.15, 0.2) is 30.6 Å². The highest BCUT2D eigenvalue weighted by molar-refractivity contribution is 5.80. The van der Waals surface area contributed by atoms with E-state index in [4.69, 9.17) is 0 Å². The fourth-order valence-corrected chi connectivity index (χ4v) is 3.63. The Kier molecular flexibility index (Phi) is 3.36. The summed E-state index contributed by atoms with van der Waals surface area (Å²) in [7, 11) is 0. The number of nitrogens with zero attached hydrogens (tertiary/aromatic N) is 3. The summed E-state index contributed by atoms with van der Waals surface area (Å²) in [6.45, 7) is 1.29. The number of benzene rings is 1. The molecule has 6 heteroatoms. The van der Waals surface area contributed by atoms with Crippen molar-refractivity contribution in [2.75, 3.05) is 13.1 Å². The lowest BCUT2D eigenvalue weighted by molar-refractivity contribution is -0.145. The molecule has 1 saturated carbocycles. The Hall–Kier alpha value is -1.98. The predicted molar refractivity (Wildman–Crippen MR) is 82.3 cm³/mol. The van der Waals surface area contributed by atoms with Crippen molar-refractivity contribution in [1.82, 2.24) is 14.5 Å². The molecule has 2 fully saturated rings. The number of rotatable bonds is 2. The van der Waals surface area contributed by atoms with Crippen LogP contribution < -0.4 is 0 Å². The number of likely N-dealkylation sites (tertiary alicyclic amines) is 1. The molecular formula is C17H19F2N3O. The van der Waals surface area contributed by atoms with E-state index in [2.05, 4.69) is 9.55 Å². The summed E-state index contributed by atoms with van der Waals surface area (Å²) >= 11 is 0. The van der Waals surface area contributed by atoms with E-state index in [1.165, 1.54) is 0 Å². The van der Waals surface area contributed by atoms with Gasteiger partial charge in [-0.25, -0.2) is 13.8 Å². The fraction of sp³-hybridized carbons (Fsp3) is 0.529. The minimum atomic E-state index is -2.58. The Bertz CT molecular complexity index is 726. The maximum atomic E-state index is 13.2. The molecule has 2 aromatic rings. The summed E-state index contributed by atoms with van der Waals surface area (Å²) in [5.74, 6) is -2.76. The molecule has 0 atom stereocenters. The average Bonchev–Trinajstić information content (AvgIpc) is 2.90. The zero-order chi connectivity index (χ0) is 16.0. The van der Waals surface area contributed by atoms with Gasteiger partial charge in [-0.15, -0.1) is 0 Å². The largest absolute Gasteiger partial charge is 0.338 e. The second-order valence-electron chi connectivity index (χ2n) is 6.67. The summed E-state index contributed by atoms with van der Waals surface area (Å²) in [6.07, 6.45) is 2.11. The van der Waals surface area contributed by atoms with Crippen molar-refractivity contribution >= 4 is 16.9 Å². The Morgan fingerprint density at radius 2 is 1.87 bits per heavy atom. The lowest BCUT2D eigenvalue weighted by Gasteiger charge is -2.42. The molecule has 0 radical (unpaired) electrons. The van der Waals surface area contributed by atoms with Gasteiger partial charge in [0.05, 0.1) is 23.4 Å². The van der Waals surface area contributed by atoms with Crippen LogP contribution in [0.4, 0.5) is 8.78 Å². The van der Waals surface area contributed by atoms with E-state index in [0.717, 1.165) is 11.0 Å². The highest BCUT2D eigenvalue weighted by Crippen LogP contribution is 2.38. The fourth-order valence-electron chi connectivity index (χ4n) is 3.63. The molecule has 1 aliphatic carbocycles. The van der Waals surface area contributed by atoms with Crippen LogP contribution in [0.3, 0.4) is 0 Å². The van der Waals surface area contributed by atoms with Crippen molar-refractivity contribution in [1.29, 1.82) is 0 Å². The summed E-state index contributed by atoms with van der Waals surface area (Å²) in [4.78, 5) is 18.6. The van der Waals surface area contributed by atoms with Crippen LogP contribution in [-0.4, -0.2) is 39.4 Å². The van der Waals surface area contributed by atoms with Crippen molar-refractivity contribution < 1.29 is 13.6 Å². The summed E-state index contributed by atoms with van der Waals surface area (Å²) in [5, 5.41) is 0. The molecule has 23 heavy (non-hydrogen) atoms. The van der Waals surface area contributed by atoms with Crippen LogP contribution in [0.5, 0.6) is 0 Å². The number of hydrogen-bond acceptors (Lipinski definition) is 2. The van der Waals surface area contributed by atoms with Gasteiger partial charge in [0, 0.05) is 31.8 Å². The zero-order valence-corrected chi connectivity index (χ0v) is 12.8. The van der Waals surface area contributed by atoms with Crippen molar-refractivity contribution in [3.8, 4) is 0 Å². The number of aromatic nitrogens is 2. The first-order valence-corrected chi connectivity index (χ1v) is 8.12. The second kappa shape index (κ2) is 5.28. The number of para-hydroxylation sites is 2. The topological polar surface area (TPSA) is 38.1 Å². The minimum absolute atomic E-state index is 0.0428. The number of amides is 1. The van der Waals surface area contributed by atoms with Crippen molar-refractivity contribution in [2.24, 2.45) is 5.92 Å². The number of alkyl halides is 2. The first-order valence-electron chi connectivity index (χ1n) is 8.12. The molecule has 1 aliphatic heterocycles. The molecule has 0 bridgehead atoms. The molecule has 4 rings (SSSR count). The molecule has 0 N–H and O–H groups in total. The molecule has 0 spiro atoms. The Morgan fingerprint density at radius 1 is 1.17 bits per heavy atom. The van der Waals surface area contributed by atoms with Crippen LogP contribution in [0, 0.1) is 5.92 Å². The number of fused-ring (bicyclic) bond motifs is 1. The molecular weight excluding hydrogens is 300 g/mol. The van der Waals surface area contributed by atoms with Gasteiger partial charge in [-0.2, -0.15) is 0 Å². The summed E-state index contributed by atoms with van der Waals surface area (Å²) < 4.78 is 28.5. The lowest BCUT2D eigenvalue weighted by Crippen LogP contribution is -2.53. The van der Waals surface area contributed by atoms with E-state index >= 15 is 0 Å². The average molecular weight is 319 g/mol. The van der Waals surface area contributed by atoms with E-state index in [0.29, 0.717) is 25.9 Å². The number of imidazole rings is 1. The van der Waals surface area contributed by atoms with Crippen LogP contribution >= 0.6 is 0 Å². The van der Waals surface area contributed by atoms with E-state index in [9.17, 15) is 13.6 Å². The minimum Gasteiger partial charge on any atom is -0.338 e. The predicted octanol–water partition coefficient (Wildman–Crippen LogP) is 3.25. The quantitative estimate of drug-likeness (QED) is 0.852. The smallest absolute Gasteiger partial charge is 0.248 e. The Balaban J connectivity index is 1.39. The first kappa shape index (κ1) is 14.6.